The summed E-state index contributed by atoms with van der Waals surface area (Å²) < 4.78 is 0. The third kappa shape index (κ3) is 3.78. The molecule has 4 heteroatoms. The van der Waals surface area contributed by atoms with Crippen LogP contribution in [-0.2, 0) is 4.79 Å². The number of hydrogen-bond acceptors (Lipinski definition) is 3. The van der Waals surface area contributed by atoms with Crippen molar-refractivity contribution in [2.75, 3.05) is 25.0 Å². The van der Waals surface area contributed by atoms with Crippen molar-refractivity contribution in [2.24, 2.45) is 0 Å². The van der Waals surface area contributed by atoms with Crippen LogP contribution in [0.15, 0.2) is 24.3 Å². The molecule has 1 atom stereocenters. The highest BCUT2D eigenvalue weighted by molar-refractivity contribution is 5.92. The lowest BCUT2D eigenvalue weighted by Crippen LogP contribution is -2.53. The summed E-state index contributed by atoms with van der Waals surface area (Å²) >= 11 is 0. The van der Waals surface area contributed by atoms with Crippen molar-refractivity contribution in [3.63, 3.8) is 0 Å². The lowest BCUT2D eigenvalue weighted by atomic mass is 9.99. The zero-order chi connectivity index (χ0) is 13.8. The molecular formula is C15H22N2O2. The number of nitrogens with zero attached hydrogens (tertiary/aromatic N) is 1. The summed E-state index contributed by atoms with van der Waals surface area (Å²) in [6.07, 6.45) is 0.853. The maximum absolute atomic E-state index is 11.8. The highest BCUT2D eigenvalue weighted by atomic mass is 16.3. The number of aliphatic hydroxyl groups is 1. The van der Waals surface area contributed by atoms with E-state index in [1.165, 1.54) is 5.56 Å². The van der Waals surface area contributed by atoms with Crippen LogP contribution in [-0.4, -0.2) is 41.7 Å². The minimum Gasteiger partial charge on any atom is -0.390 e. The van der Waals surface area contributed by atoms with Crippen molar-refractivity contribution < 1.29 is 9.90 Å². The summed E-state index contributed by atoms with van der Waals surface area (Å²) in [5.41, 5.74) is 2.13. The molecule has 19 heavy (non-hydrogen) atoms. The fourth-order valence-corrected chi connectivity index (χ4v) is 2.21. The van der Waals surface area contributed by atoms with Gasteiger partial charge in [-0.1, -0.05) is 26.0 Å². The SMILES string of the molecule is CC[C@@H](C)c1ccc(NC(=O)CN2CC(O)C2)cc1. The standard InChI is InChI=1S/C15H22N2O2/c1-3-11(2)12-4-6-13(7-5-12)16-15(19)10-17-8-14(18)9-17/h4-7,11,14,18H,3,8-10H2,1-2H3,(H,16,19)/t11-/m1/s1. The normalized spacial score (nSPS) is 17.8. The fourth-order valence-electron chi connectivity index (χ4n) is 2.21. The second kappa shape index (κ2) is 6.17. The topological polar surface area (TPSA) is 52.6 Å². The zero-order valence-electron chi connectivity index (χ0n) is 11.6. The third-order valence-electron chi connectivity index (χ3n) is 3.68. The lowest BCUT2D eigenvalue weighted by molar-refractivity contribution is -0.119. The van der Waals surface area contributed by atoms with Crippen molar-refractivity contribution in [1.29, 1.82) is 0 Å². The number of aliphatic hydroxyl groups excluding tert-OH is 1. The molecule has 0 aliphatic carbocycles. The van der Waals surface area contributed by atoms with Crippen LogP contribution >= 0.6 is 0 Å². The molecule has 2 rings (SSSR count). The molecule has 1 aromatic carbocycles. The molecule has 1 saturated heterocycles. The molecule has 1 heterocycles. The lowest BCUT2D eigenvalue weighted by Gasteiger charge is -2.35. The monoisotopic (exact) mass is 262 g/mol. The molecule has 1 aliphatic rings. The number of amides is 1. The molecule has 4 nitrogen and oxygen atoms in total. The number of anilines is 1. The number of carbonyl (C=O) groups excluding carboxylic acids is 1. The van der Waals surface area contributed by atoms with Gasteiger partial charge in [-0.3, -0.25) is 9.69 Å². The van der Waals surface area contributed by atoms with Crippen LogP contribution in [0.2, 0.25) is 0 Å². The summed E-state index contributed by atoms with van der Waals surface area (Å²) in [5, 5.41) is 12.0. The quantitative estimate of drug-likeness (QED) is 0.851. The highest BCUT2D eigenvalue weighted by Crippen LogP contribution is 2.20. The first-order valence-corrected chi connectivity index (χ1v) is 6.88. The van der Waals surface area contributed by atoms with E-state index in [0.717, 1.165) is 12.1 Å². The van der Waals surface area contributed by atoms with Crippen LogP contribution in [0.3, 0.4) is 0 Å². The Morgan fingerprint density at radius 3 is 2.58 bits per heavy atom. The van der Waals surface area contributed by atoms with Crippen molar-refractivity contribution >= 4 is 11.6 Å². The van der Waals surface area contributed by atoms with Gasteiger partial charge in [0, 0.05) is 18.8 Å². The molecule has 2 N–H and O–H groups in total. The average Bonchev–Trinajstić information content (AvgIpc) is 2.37. The van der Waals surface area contributed by atoms with Crippen LogP contribution in [0.5, 0.6) is 0 Å². The van der Waals surface area contributed by atoms with E-state index in [0.29, 0.717) is 25.6 Å². The Bertz CT molecular complexity index is 424. The molecule has 0 saturated carbocycles. The zero-order valence-corrected chi connectivity index (χ0v) is 11.6. The first-order valence-electron chi connectivity index (χ1n) is 6.88. The number of nitrogens with one attached hydrogen (secondary N) is 1. The van der Waals surface area contributed by atoms with E-state index in [1.807, 2.05) is 17.0 Å². The molecule has 0 radical (unpaired) electrons. The first-order chi connectivity index (χ1) is 9.08. The second-order valence-electron chi connectivity index (χ2n) is 5.33. The first kappa shape index (κ1) is 14.0. The van der Waals surface area contributed by atoms with Gasteiger partial charge >= 0.3 is 0 Å². The minimum atomic E-state index is -0.261. The smallest absolute Gasteiger partial charge is 0.238 e. The van der Waals surface area contributed by atoms with Gasteiger partial charge in [0.05, 0.1) is 12.6 Å². The molecule has 0 bridgehead atoms. The van der Waals surface area contributed by atoms with Gasteiger partial charge in [-0.15, -0.1) is 0 Å². The van der Waals surface area contributed by atoms with Gasteiger partial charge in [-0.25, -0.2) is 0 Å². The molecule has 0 aromatic heterocycles. The number of rotatable bonds is 5. The minimum absolute atomic E-state index is 0.0248. The third-order valence-corrected chi connectivity index (χ3v) is 3.68. The summed E-state index contributed by atoms with van der Waals surface area (Å²) in [5.74, 6) is 0.524. The molecule has 0 spiro atoms. The van der Waals surface area contributed by atoms with Crippen LogP contribution < -0.4 is 5.32 Å². The number of carbonyl (C=O) groups is 1. The predicted molar refractivity (Wildman–Crippen MR) is 76.2 cm³/mol. The van der Waals surface area contributed by atoms with Crippen molar-refractivity contribution in [3.8, 4) is 0 Å². The molecule has 0 unspecified atom stereocenters. The van der Waals surface area contributed by atoms with Crippen molar-refractivity contribution in [3.05, 3.63) is 29.8 Å². The van der Waals surface area contributed by atoms with E-state index in [2.05, 4.69) is 31.3 Å². The second-order valence-corrected chi connectivity index (χ2v) is 5.33. The Hall–Kier alpha value is -1.39. The van der Waals surface area contributed by atoms with Crippen LogP contribution in [0.4, 0.5) is 5.69 Å². The van der Waals surface area contributed by atoms with Gasteiger partial charge in [-0.2, -0.15) is 0 Å². The Balaban J connectivity index is 1.83. The molecule has 1 fully saturated rings. The van der Waals surface area contributed by atoms with Gasteiger partial charge in [0.15, 0.2) is 0 Å². The average molecular weight is 262 g/mol. The van der Waals surface area contributed by atoms with Gasteiger partial charge in [0.1, 0.15) is 0 Å². The van der Waals surface area contributed by atoms with Crippen molar-refractivity contribution in [2.45, 2.75) is 32.3 Å². The molecule has 1 aromatic rings. The largest absolute Gasteiger partial charge is 0.390 e. The van der Waals surface area contributed by atoms with Crippen LogP contribution in [0.1, 0.15) is 31.7 Å². The molecule has 1 amide bonds. The summed E-state index contributed by atoms with van der Waals surface area (Å²) in [6.45, 7) is 5.91. The molecule has 104 valence electrons. The summed E-state index contributed by atoms with van der Waals surface area (Å²) in [4.78, 5) is 13.7. The summed E-state index contributed by atoms with van der Waals surface area (Å²) in [6, 6.07) is 8.03. The number of benzene rings is 1. The van der Waals surface area contributed by atoms with E-state index in [1.54, 1.807) is 0 Å². The Morgan fingerprint density at radius 2 is 2.05 bits per heavy atom. The molecule has 1 aliphatic heterocycles. The van der Waals surface area contributed by atoms with Crippen LogP contribution in [0, 0.1) is 0 Å². The Labute approximate surface area is 114 Å². The van der Waals surface area contributed by atoms with E-state index in [-0.39, 0.29) is 12.0 Å². The van der Waals surface area contributed by atoms with E-state index in [4.69, 9.17) is 5.11 Å². The van der Waals surface area contributed by atoms with Gasteiger partial charge in [0.25, 0.3) is 0 Å². The Morgan fingerprint density at radius 1 is 1.42 bits per heavy atom. The van der Waals surface area contributed by atoms with Gasteiger partial charge in [0.2, 0.25) is 5.91 Å². The highest BCUT2D eigenvalue weighted by Gasteiger charge is 2.25. The number of hydrogen-bond donors (Lipinski definition) is 2. The summed E-state index contributed by atoms with van der Waals surface area (Å²) in [7, 11) is 0. The van der Waals surface area contributed by atoms with Crippen LogP contribution in [0.25, 0.3) is 0 Å². The van der Waals surface area contributed by atoms with Crippen molar-refractivity contribution in [1.82, 2.24) is 4.90 Å². The Kier molecular flexibility index (Phi) is 4.56. The number of β-amino-alcohol motifs (C(OH)–C–C–N with tert-alkyl or cyclic N) is 1. The molecular weight excluding hydrogens is 240 g/mol. The van der Waals surface area contributed by atoms with Gasteiger partial charge in [-0.05, 0) is 30.0 Å². The van der Waals surface area contributed by atoms with E-state index < -0.39 is 0 Å². The maximum Gasteiger partial charge on any atom is 0.238 e. The fraction of sp³-hybridized carbons (Fsp3) is 0.533. The maximum atomic E-state index is 11.8. The van der Waals surface area contributed by atoms with E-state index >= 15 is 0 Å². The predicted octanol–water partition coefficient (Wildman–Crippen LogP) is 1.82. The van der Waals surface area contributed by atoms with Gasteiger partial charge < -0.3 is 10.4 Å². The van der Waals surface area contributed by atoms with E-state index in [9.17, 15) is 4.79 Å². The number of likely N-dealkylation sites (tertiary alicyclic amines) is 1.